The SMILES string of the molecule is COc1cc(/C=N\NC(=O)CSc2nc3ccccc3c(=O)n2-c2ccc(Br)cc2)ccc1O. The van der Waals surface area contributed by atoms with Gasteiger partial charge in [0.15, 0.2) is 16.7 Å². The van der Waals surface area contributed by atoms with Crippen molar-refractivity contribution in [3.05, 3.63) is 87.1 Å². The summed E-state index contributed by atoms with van der Waals surface area (Å²) in [6.07, 6.45) is 1.44. The van der Waals surface area contributed by atoms with Crippen molar-refractivity contribution < 1.29 is 14.6 Å². The number of hydrogen-bond acceptors (Lipinski definition) is 7. The number of fused-ring (bicyclic) bond motifs is 1. The first-order valence-corrected chi connectivity index (χ1v) is 11.8. The number of nitrogens with one attached hydrogen (secondary N) is 1. The summed E-state index contributed by atoms with van der Waals surface area (Å²) in [6.45, 7) is 0. The minimum Gasteiger partial charge on any atom is -0.504 e. The fourth-order valence-electron chi connectivity index (χ4n) is 3.14. The van der Waals surface area contributed by atoms with E-state index in [1.807, 2.05) is 30.3 Å². The van der Waals surface area contributed by atoms with E-state index < -0.39 is 0 Å². The zero-order valence-corrected chi connectivity index (χ0v) is 20.3. The van der Waals surface area contributed by atoms with Gasteiger partial charge in [0, 0.05) is 4.47 Å². The number of rotatable bonds is 7. The lowest BCUT2D eigenvalue weighted by Crippen LogP contribution is -2.24. The van der Waals surface area contributed by atoms with E-state index in [0.29, 0.717) is 33.1 Å². The summed E-state index contributed by atoms with van der Waals surface area (Å²) in [5.41, 5.74) is 4.09. The summed E-state index contributed by atoms with van der Waals surface area (Å²) in [5.74, 6) is -0.0481. The van der Waals surface area contributed by atoms with E-state index in [1.54, 1.807) is 30.3 Å². The number of aromatic nitrogens is 2. The number of nitrogens with zero attached hydrogens (tertiary/aromatic N) is 3. The molecule has 0 aliphatic rings. The van der Waals surface area contributed by atoms with Gasteiger partial charge in [0.1, 0.15) is 0 Å². The van der Waals surface area contributed by atoms with Crippen LogP contribution in [0.25, 0.3) is 16.6 Å². The molecule has 1 amide bonds. The van der Waals surface area contributed by atoms with Crippen molar-refractivity contribution in [2.24, 2.45) is 5.10 Å². The molecule has 1 heterocycles. The molecule has 10 heteroatoms. The first-order valence-electron chi connectivity index (χ1n) is 10.1. The van der Waals surface area contributed by atoms with Crippen molar-refractivity contribution in [3.63, 3.8) is 0 Å². The van der Waals surface area contributed by atoms with Crippen LogP contribution in [0.4, 0.5) is 0 Å². The Balaban J connectivity index is 1.53. The molecule has 0 saturated carbocycles. The molecular weight excluding hydrogens is 520 g/mol. The van der Waals surface area contributed by atoms with E-state index >= 15 is 0 Å². The van der Waals surface area contributed by atoms with Crippen LogP contribution in [-0.2, 0) is 4.79 Å². The van der Waals surface area contributed by atoms with Gasteiger partial charge in [0.25, 0.3) is 11.5 Å². The van der Waals surface area contributed by atoms with Crippen molar-refractivity contribution >= 4 is 50.7 Å². The number of benzene rings is 3. The summed E-state index contributed by atoms with van der Waals surface area (Å²) in [5, 5.41) is 14.5. The highest BCUT2D eigenvalue weighted by molar-refractivity contribution is 9.10. The second-order valence-corrected chi connectivity index (χ2v) is 8.90. The molecule has 0 spiro atoms. The third-order valence-corrected chi connectivity index (χ3v) is 6.24. The highest BCUT2D eigenvalue weighted by Gasteiger charge is 2.14. The Labute approximate surface area is 207 Å². The third kappa shape index (κ3) is 5.29. The summed E-state index contributed by atoms with van der Waals surface area (Å²) in [4.78, 5) is 30.2. The Morgan fingerprint density at radius 1 is 1.21 bits per heavy atom. The van der Waals surface area contributed by atoms with Crippen LogP contribution in [-0.4, -0.2) is 39.6 Å². The van der Waals surface area contributed by atoms with Gasteiger partial charge in [-0.2, -0.15) is 5.10 Å². The molecule has 0 bridgehead atoms. The molecule has 0 saturated heterocycles. The van der Waals surface area contributed by atoms with Gasteiger partial charge in [-0.05, 0) is 60.2 Å². The predicted octanol–water partition coefficient (Wildman–Crippen LogP) is 4.10. The number of aromatic hydroxyl groups is 1. The van der Waals surface area contributed by atoms with E-state index in [2.05, 4.69) is 31.4 Å². The molecule has 0 radical (unpaired) electrons. The molecule has 4 aromatic rings. The second kappa shape index (κ2) is 10.5. The Hall–Kier alpha value is -3.63. The number of carbonyl (C=O) groups excluding carboxylic acids is 1. The number of methoxy groups -OCH3 is 1. The summed E-state index contributed by atoms with van der Waals surface area (Å²) in [6, 6.07) is 19.1. The van der Waals surface area contributed by atoms with Gasteiger partial charge >= 0.3 is 0 Å². The molecule has 0 fully saturated rings. The molecule has 3 aromatic carbocycles. The number of halogens is 1. The second-order valence-electron chi connectivity index (χ2n) is 7.04. The molecular formula is C24H19BrN4O4S. The maximum Gasteiger partial charge on any atom is 0.266 e. The molecule has 0 unspecified atom stereocenters. The minimum atomic E-state index is -0.364. The summed E-state index contributed by atoms with van der Waals surface area (Å²) < 4.78 is 7.44. The largest absolute Gasteiger partial charge is 0.504 e. The average molecular weight is 539 g/mol. The molecule has 1 aromatic heterocycles. The number of ether oxygens (including phenoxy) is 1. The number of hydrogen-bond donors (Lipinski definition) is 2. The van der Waals surface area contributed by atoms with Gasteiger partial charge in [0.05, 0.1) is 35.7 Å². The van der Waals surface area contributed by atoms with Gasteiger partial charge in [-0.25, -0.2) is 10.4 Å². The monoisotopic (exact) mass is 538 g/mol. The first-order chi connectivity index (χ1) is 16.5. The van der Waals surface area contributed by atoms with Gasteiger partial charge in [0.2, 0.25) is 0 Å². The summed E-state index contributed by atoms with van der Waals surface area (Å²) >= 11 is 4.54. The van der Waals surface area contributed by atoms with E-state index in [0.717, 1.165) is 16.2 Å². The quantitative estimate of drug-likeness (QED) is 0.159. The number of phenols is 1. The highest BCUT2D eigenvalue weighted by atomic mass is 79.9. The number of para-hydroxylation sites is 1. The molecule has 0 aliphatic heterocycles. The third-order valence-electron chi connectivity index (χ3n) is 4.77. The van der Waals surface area contributed by atoms with Crippen molar-refractivity contribution in [1.29, 1.82) is 0 Å². The van der Waals surface area contributed by atoms with Gasteiger partial charge in [-0.1, -0.05) is 39.8 Å². The Morgan fingerprint density at radius 2 is 1.97 bits per heavy atom. The van der Waals surface area contributed by atoms with Gasteiger partial charge < -0.3 is 9.84 Å². The zero-order chi connectivity index (χ0) is 24.1. The smallest absolute Gasteiger partial charge is 0.266 e. The van der Waals surface area contributed by atoms with Crippen LogP contribution in [0.2, 0.25) is 0 Å². The first kappa shape index (κ1) is 23.5. The van der Waals surface area contributed by atoms with Crippen LogP contribution in [0.3, 0.4) is 0 Å². The molecule has 0 aliphatic carbocycles. The maximum atomic E-state index is 13.2. The Bertz CT molecular complexity index is 1440. The van der Waals surface area contributed by atoms with Crippen LogP contribution in [0, 0.1) is 0 Å². The standard InChI is InChI=1S/C24H19BrN4O4S/c1-33-21-12-15(6-11-20(21)30)13-26-28-22(31)14-34-24-27-19-5-3-2-4-18(19)23(32)29(24)17-9-7-16(25)8-10-17/h2-13,30H,14H2,1H3,(H,28,31)/b26-13-. The number of thioether (sulfide) groups is 1. The van der Waals surface area contributed by atoms with Crippen LogP contribution in [0.15, 0.2) is 86.3 Å². The number of phenolic OH excluding ortho intramolecular Hbond substituents is 1. The highest BCUT2D eigenvalue weighted by Crippen LogP contribution is 2.25. The number of hydrazone groups is 1. The van der Waals surface area contributed by atoms with E-state index in [1.165, 1.54) is 24.0 Å². The van der Waals surface area contributed by atoms with Crippen molar-refractivity contribution in [2.45, 2.75) is 5.16 Å². The van der Waals surface area contributed by atoms with E-state index in [9.17, 15) is 14.7 Å². The molecule has 8 nitrogen and oxygen atoms in total. The Morgan fingerprint density at radius 3 is 2.74 bits per heavy atom. The number of amides is 1. The average Bonchev–Trinajstić information content (AvgIpc) is 2.84. The maximum absolute atomic E-state index is 13.2. The predicted molar refractivity (Wildman–Crippen MR) is 136 cm³/mol. The molecule has 2 N–H and O–H groups in total. The zero-order valence-electron chi connectivity index (χ0n) is 17.9. The fraction of sp³-hybridized carbons (Fsp3) is 0.0833. The molecule has 0 atom stereocenters. The van der Waals surface area contributed by atoms with Crippen LogP contribution in [0.1, 0.15) is 5.56 Å². The molecule has 4 rings (SSSR count). The van der Waals surface area contributed by atoms with E-state index in [-0.39, 0.29) is 23.0 Å². The lowest BCUT2D eigenvalue weighted by atomic mass is 10.2. The molecule has 172 valence electrons. The normalized spacial score (nSPS) is 11.1. The van der Waals surface area contributed by atoms with Crippen LogP contribution < -0.4 is 15.7 Å². The molecule has 34 heavy (non-hydrogen) atoms. The summed E-state index contributed by atoms with van der Waals surface area (Å²) in [7, 11) is 1.45. The van der Waals surface area contributed by atoms with Crippen LogP contribution >= 0.6 is 27.7 Å². The van der Waals surface area contributed by atoms with Gasteiger partial charge in [-0.3, -0.25) is 14.2 Å². The van der Waals surface area contributed by atoms with Crippen molar-refractivity contribution in [2.75, 3.05) is 12.9 Å². The van der Waals surface area contributed by atoms with Crippen molar-refractivity contribution in [1.82, 2.24) is 15.0 Å². The Kier molecular flexibility index (Phi) is 7.29. The number of carbonyl (C=O) groups is 1. The van der Waals surface area contributed by atoms with Crippen molar-refractivity contribution in [3.8, 4) is 17.2 Å². The lowest BCUT2D eigenvalue weighted by Gasteiger charge is -2.13. The lowest BCUT2D eigenvalue weighted by molar-refractivity contribution is -0.118. The minimum absolute atomic E-state index is 0.00243. The topological polar surface area (TPSA) is 106 Å². The van der Waals surface area contributed by atoms with Gasteiger partial charge in [-0.15, -0.1) is 0 Å². The van der Waals surface area contributed by atoms with Crippen LogP contribution in [0.5, 0.6) is 11.5 Å². The fourth-order valence-corrected chi connectivity index (χ4v) is 4.21. The van der Waals surface area contributed by atoms with E-state index in [4.69, 9.17) is 4.74 Å².